The summed E-state index contributed by atoms with van der Waals surface area (Å²) in [6, 6.07) is 1.73. The summed E-state index contributed by atoms with van der Waals surface area (Å²) in [5, 5.41) is 3.40. The van der Waals surface area contributed by atoms with Crippen LogP contribution in [0.25, 0.3) is 0 Å². The smallest absolute Gasteiger partial charge is 0.0371 e. The molecular weight excluding hydrogens is 171 g/mol. The Bertz CT molecular complexity index is 104. The average molecular weight is 185 g/mol. The van der Waals surface area contributed by atoms with E-state index in [0.29, 0.717) is 0 Å². The van der Waals surface area contributed by atoms with Crippen LogP contribution in [0, 0.1) is 0 Å². The highest BCUT2D eigenvalue weighted by Crippen LogP contribution is 2.21. The Kier molecular flexibility index (Phi) is 3.95. The summed E-state index contributed by atoms with van der Waals surface area (Å²) in [7, 11) is 2.21. The summed E-state index contributed by atoms with van der Waals surface area (Å²) in [4.78, 5) is 2.45. The van der Waals surface area contributed by atoms with Crippen LogP contribution in [-0.2, 0) is 0 Å². The van der Waals surface area contributed by atoms with Gasteiger partial charge >= 0.3 is 0 Å². The van der Waals surface area contributed by atoms with Crippen molar-refractivity contribution >= 4 is 24.8 Å². The van der Waals surface area contributed by atoms with E-state index in [4.69, 9.17) is 0 Å². The van der Waals surface area contributed by atoms with Gasteiger partial charge in [-0.05, 0) is 20.0 Å². The van der Waals surface area contributed by atoms with E-state index >= 15 is 0 Å². The second-order valence-electron chi connectivity index (χ2n) is 2.85. The van der Waals surface area contributed by atoms with Crippen LogP contribution in [-0.4, -0.2) is 37.1 Å². The van der Waals surface area contributed by atoms with Crippen molar-refractivity contribution in [3.8, 4) is 0 Å². The van der Waals surface area contributed by atoms with E-state index in [-0.39, 0.29) is 24.8 Å². The van der Waals surface area contributed by atoms with Crippen LogP contribution in [0.1, 0.15) is 6.42 Å². The fraction of sp³-hybridized carbons (Fsp3) is 1.00. The summed E-state index contributed by atoms with van der Waals surface area (Å²) >= 11 is 0. The largest absolute Gasteiger partial charge is 0.311 e. The third kappa shape index (κ3) is 1.40. The van der Waals surface area contributed by atoms with Gasteiger partial charge in [0.05, 0.1) is 0 Å². The molecule has 2 nitrogen and oxygen atoms in total. The summed E-state index contributed by atoms with van der Waals surface area (Å²) < 4.78 is 0. The summed E-state index contributed by atoms with van der Waals surface area (Å²) in [6.07, 6.45) is 1.36. The van der Waals surface area contributed by atoms with Crippen LogP contribution < -0.4 is 5.32 Å². The Labute approximate surface area is 74.2 Å². The SMILES string of the molecule is CN1CCC2NCC21.Cl.Cl. The number of fused-ring (bicyclic) bond motifs is 1. The van der Waals surface area contributed by atoms with Gasteiger partial charge in [-0.1, -0.05) is 0 Å². The van der Waals surface area contributed by atoms with Gasteiger partial charge in [-0.25, -0.2) is 0 Å². The minimum absolute atomic E-state index is 0. The van der Waals surface area contributed by atoms with Gasteiger partial charge < -0.3 is 10.2 Å². The lowest BCUT2D eigenvalue weighted by Crippen LogP contribution is -2.58. The third-order valence-corrected chi connectivity index (χ3v) is 2.41. The quantitative estimate of drug-likeness (QED) is 0.591. The van der Waals surface area contributed by atoms with E-state index in [9.17, 15) is 0 Å². The molecule has 0 aliphatic carbocycles. The summed E-state index contributed by atoms with van der Waals surface area (Å²) in [6.45, 7) is 2.52. The minimum atomic E-state index is 0. The zero-order valence-electron chi connectivity index (χ0n) is 6.04. The molecule has 2 fully saturated rings. The predicted octanol–water partition coefficient (Wildman–Crippen LogP) is 0.506. The van der Waals surface area contributed by atoms with Crippen molar-refractivity contribution in [3.63, 3.8) is 0 Å². The van der Waals surface area contributed by atoms with Crippen LogP contribution in [0.4, 0.5) is 0 Å². The Morgan fingerprint density at radius 2 is 2.10 bits per heavy atom. The molecule has 62 valence electrons. The Morgan fingerprint density at radius 1 is 1.40 bits per heavy atom. The molecule has 2 unspecified atom stereocenters. The number of likely N-dealkylation sites (tertiary alicyclic amines) is 1. The highest BCUT2D eigenvalue weighted by Gasteiger charge is 2.37. The van der Waals surface area contributed by atoms with E-state index in [1.54, 1.807) is 0 Å². The van der Waals surface area contributed by atoms with E-state index in [1.165, 1.54) is 19.5 Å². The molecule has 2 aliphatic rings. The first-order valence-electron chi connectivity index (χ1n) is 3.31. The van der Waals surface area contributed by atoms with Gasteiger partial charge in [0, 0.05) is 18.6 Å². The van der Waals surface area contributed by atoms with Crippen LogP contribution in [0.5, 0.6) is 0 Å². The fourth-order valence-corrected chi connectivity index (χ4v) is 1.66. The lowest BCUT2D eigenvalue weighted by Gasteiger charge is -2.35. The standard InChI is InChI=1S/C6H12N2.2ClH/c1-8-3-2-5-6(8)4-7-5;;/h5-7H,2-4H2,1H3;2*1H. The van der Waals surface area contributed by atoms with E-state index < -0.39 is 0 Å². The molecule has 0 bridgehead atoms. The molecule has 2 atom stereocenters. The Balaban J connectivity index is 0.000000405. The number of rotatable bonds is 0. The first-order valence-corrected chi connectivity index (χ1v) is 3.31. The molecule has 0 amide bonds. The lowest BCUT2D eigenvalue weighted by atomic mass is 10.0. The summed E-state index contributed by atoms with van der Waals surface area (Å²) in [5.41, 5.74) is 0. The molecule has 0 spiro atoms. The molecule has 0 radical (unpaired) electrons. The van der Waals surface area contributed by atoms with Gasteiger partial charge in [-0.3, -0.25) is 0 Å². The molecule has 4 heteroatoms. The maximum atomic E-state index is 3.40. The number of halogens is 2. The molecular formula is C6H14Cl2N2. The van der Waals surface area contributed by atoms with E-state index in [2.05, 4.69) is 17.3 Å². The first kappa shape index (κ1) is 10.5. The molecule has 0 aromatic carbocycles. The minimum Gasteiger partial charge on any atom is -0.311 e. The fourth-order valence-electron chi connectivity index (χ4n) is 1.66. The van der Waals surface area contributed by atoms with Gasteiger partial charge in [0.25, 0.3) is 0 Å². The molecule has 0 aromatic heterocycles. The van der Waals surface area contributed by atoms with Gasteiger partial charge in [-0.15, -0.1) is 24.8 Å². The van der Waals surface area contributed by atoms with Crippen LogP contribution >= 0.6 is 24.8 Å². The molecule has 0 saturated carbocycles. The Hall–Kier alpha value is 0.500. The van der Waals surface area contributed by atoms with Gasteiger partial charge in [-0.2, -0.15) is 0 Å². The number of nitrogens with zero attached hydrogens (tertiary/aromatic N) is 1. The number of likely N-dealkylation sites (N-methyl/N-ethyl adjacent to an activating group) is 1. The zero-order chi connectivity index (χ0) is 5.56. The number of nitrogens with one attached hydrogen (secondary N) is 1. The molecule has 1 N–H and O–H groups in total. The lowest BCUT2D eigenvalue weighted by molar-refractivity contribution is 0.206. The molecule has 2 saturated heterocycles. The van der Waals surface area contributed by atoms with Crippen molar-refractivity contribution in [3.05, 3.63) is 0 Å². The van der Waals surface area contributed by atoms with Crippen molar-refractivity contribution in [2.75, 3.05) is 20.1 Å². The van der Waals surface area contributed by atoms with Crippen molar-refractivity contribution in [2.24, 2.45) is 0 Å². The summed E-state index contributed by atoms with van der Waals surface area (Å²) in [5.74, 6) is 0. The average Bonchev–Trinajstić information content (AvgIpc) is 1.80. The monoisotopic (exact) mass is 184 g/mol. The maximum absolute atomic E-state index is 3.40. The van der Waals surface area contributed by atoms with Crippen LogP contribution in [0.15, 0.2) is 0 Å². The molecule has 2 heterocycles. The third-order valence-electron chi connectivity index (χ3n) is 2.41. The van der Waals surface area contributed by atoms with Crippen molar-refractivity contribution < 1.29 is 0 Å². The highest BCUT2D eigenvalue weighted by molar-refractivity contribution is 5.85. The first-order chi connectivity index (χ1) is 3.88. The zero-order valence-corrected chi connectivity index (χ0v) is 7.67. The normalized spacial score (nSPS) is 36.9. The molecule has 10 heavy (non-hydrogen) atoms. The topological polar surface area (TPSA) is 15.3 Å². The second-order valence-corrected chi connectivity index (χ2v) is 2.85. The van der Waals surface area contributed by atoms with Gasteiger partial charge in [0.2, 0.25) is 0 Å². The number of hydrogen-bond acceptors (Lipinski definition) is 2. The molecule has 2 aliphatic heterocycles. The van der Waals surface area contributed by atoms with Gasteiger partial charge in [0.1, 0.15) is 0 Å². The van der Waals surface area contributed by atoms with E-state index in [1.807, 2.05) is 0 Å². The molecule has 2 rings (SSSR count). The molecule has 0 aromatic rings. The van der Waals surface area contributed by atoms with Crippen molar-refractivity contribution in [2.45, 2.75) is 18.5 Å². The second kappa shape index (κ2) is 3.77. The predicted molar refractivity (Wildman–Crippen MR) is 47.3 cm³/mol. The van der Waals surface area contributed by atoms with Gasteiger partial charge in [0.15, 0.2) is 0 Å². The van der Waals surface area contributed by atoms with Crippen LogP contribution in [0.3, 0.4) is 0 Å². The highest BCUT2D eigenvalue weighted by atomic mass is 35.5. The Morgan fingerprint density at radius 3 is 2.30 bits per heavy atom. The number of hydrogen-bond donors (Lipinski definition) is 1. The van der Waals surface area contributed by atoms with Crippen LogP contribution in [0.2, 0.25) is 0 Å². The van der Waals surface area contributed by atoms with E-state index in [0.717, 1.165) is 12.1 Å². The van der Waals surface area contributed by atoms with Crippen molar-refractivity contribution in [1.29, 1.82) is 0 Å². The maximum Gasteiger partial charge on any atom is 0.0371 e. The van der Waals surface area contributed by atoms with Crippen molar-refractivity contribution in [1.82, 2.24) is 10.2 Å².